The van der Waals surface area contributed by atoms with Crippen LogP contribution in [0.25, 0.3) is 0 Å². The topological polar surface area (TPSA) is 91.3 Å². The third-order valence-corrected chi connectivity index (χ3v) is 2.75. The number of anilines is 1. The summed E-state index contributed by atoms with van der Waals surface area (Å²) in [6.45, 7) is 3.91. The first-order valence-corrected chi connectivity index (χ1v) is 5.63. The second-order valence-corrected chi connectivity index (χ2v) is 4.17. The minimum Gasteiger partial charge on any atom is -0.434 e. The van der Waals surface area contributed by atoms with Gasteiger partial charge in [-0.3, -0.25) is 10.1 Å². The van der Waals surface area contributed by atoms with Crippen LogP contribution in [0.15, 0.2) is 30.3 Å². The van der Waals surface area contributed by atoms with Crippen LogP contribution in [0.3, 0.4) is 0 Å². The van der Waals surface area contributed by atoms with E-state index in [1.54, 1.807) is 12.1 Å². The van der Waals surface area contributed by atoms with E-state index in [-0.39, 0.29) is 17.4 Å². The first-order valence-electron chi connectivity index (χ1n) is 5.63. The molecule has 98 valence electrons. The second-order valence-electron chi connectivity index (χ2n) is 4.17. The molecule has 0 aliphatic carbocycles. The molecule has 1 aromatic carbocycles. The van der Waals surface area contributed by atoms with E-state index in [4.69, 9.17) is 10.5 Å². The molecular weight excluding hydrogens is 246 g/mol. The van der Waals surface area contributed by atoms with Crippen molar-refractivity contribution in [2.75, 3.05) is 5.73 Å². The number of rotatable bonds is 3. The van der Waals surface area contributed by atoms with Crippen molar-refractivity contribution in [3.63, 3.8) is 0 Å². The monoisotopic (exact) mass is 259 g/mol. The van der Waals surface area contributed by atoms with E-state index in [0.29, 0.717) is 5.75 Å². The number of hydrogen-bond donors (Lipinski definition) is 1. The maximum Gasteiger partial charge on any atom is 0.331 e. The Labute approximate surface area is 110 Å². The summed E-state index contributed by atoms with van der Waals surface area (Å²) >= 11 is 0. The normalized spacial score (nSPS) is 10.2. The van der Waals surface area contributed by atoms with Gasteiger partial charge in [-0.15, -0.1) is 0 Å². The van der Waals surface area contributed by atoms with E-state index in [1.165, 1.54) is 12.1 Å². The predicted molar refractivity (Wildman–Crippen MR) is 71.3 cm³/mol. The van der Waals surface area contributed by atoms with Gasteiger partial charge in [0.25, 0.3) is 0 Å². The Balaban J connectivity index is 2.39. The number of ether oxygens (including phenoxy) is 1. The van der Waals surface area contributed by atoms with Crippen molar-refractivity contribution in [1.82, 2.24) is 4.98 Å². The number of aromatic nitrogens is 1. The van der Waals surface area contributed by atoms with Crippen LogP contribution in [0.2, 0.25) is 0 Å². The summed E-state index contributed by atoms with van der Waals surface area (Å²) in [7, 11) is 0. The molecule has 6 nitrogen and oxygen atoms in total. The number of aryl methyl sites for hydroxylation is 2. The van der Waals surface area contributed by atoms with Crippen molar-refractivity contribution >= 4 is 11.5 Å². The van der Waals surface area contributed by atoms with E-state index in [0.717, 1.165) is 11.1 Å². The van der Waals surface area contributed by atoms with Crippen LogP contribution < -0.4 is 10.5 Å². The van der Waals surface area contributed by atoms with Gasteiger partial charge in [-0.2, -0.15) is 4.98 Å². The van der Waals surface area contributed by atoms with E-state index >= 15 is 0 Å². The number of hydrogen-bond acceptors (Lipinski definition) is 5. The van der Waals surface area contributed by atoms with Gasteiger partial charge in [0.2, 0.25) is 0 Å². The van der Waals surface area contributed by atoms with Crippen LogP contribution in [-0.2, 0) is 0 Å². The van der Waals surface area contributed by atoms with Crippen molar-refractivity contribution in [2.45, 2.75) is 13.8 Å². The molecule has 0 aliphatic rings. The number of pyridine rings is 1. The van der Waals surface area contributed by atoms with Crippen LogP contribution in [0.5, 0.6) is 11.6 Å². The summed E-state index contributed by atoms with van der Waals surface area (Å²) in [4.78, 5) is 14.2. The second kappa shape index (κ2) is 4.93. The lowest BCUT2D eigenvalue weighted by molar-refractivity contribution is -0.386. The lowest BCUT2D eigenvalue weighted by Crippen LogP contribution is -1.99. The number of nitro groups is 1. The lowest BCUT2D eigenvalue weighted by atomic mass is 10.1. The summed E-state index contributed by atoms with van der Waals surface area (Å²) in [6, 6.07) is 8.05. The van der Waals surface area contributed by atoms with Gasteiger partial charge in [-0.1, -0.05) is 6.07 Å². The van der Waals surface area contributed by atoms with Crippen LogP contribution in [0, 0.1) is 24.0 Å². The van der Waals surface area contributed by atoms with Crippen molar-refractivity contribution in [1.29, 1.82) is 0 Å². The summed E-state index contributed by atoms with van der Waals surface area (Å²) in [5.41, 5.74) is 7.45. The molecule has 0 aliphatic heterocycles. The molecule has 0 saturated carbocycles. The fourth-order valence-corrected chi connectivity index (χ4v) is 1.55. The highest BCUT2D eigenvalue weighted by Gasteiger charge is 2.18. The van der Waals surface area contributed by atoms with E-state index in [1.807, 2.05) is 19.9 Å². The highest BCUT2D eigenvalue weighted by molar-refractivity contribution is 5.49. The van der Waals surface area contributed by atoms with Gasteiger partial charge in [-0.05, 0) is 43.2 Å². The SMILES string of the molecule is Cc1ccc(Oc2nc(N)ccc2[N+](=O)[O-])cc1C. The van der Waals surface area contributed by atoms with Crippen LogP contribution in [0.1, 0.15) is 11.1 Å². The molecule has 6 heteroatoms. The highest BCUT2D eigenvalue weighted by atomic mass is 16.6. The van der Waals surface area contributed by atoms with Crippen molar-refractivity contribution in [2.24, 2.45) is 0 Å². The molecule has 19 heavy (non-hydrogen) atoms. The molecule has 2 N–H and O–H groups in total. The van der Waals surface area contributed by atoms with Gasteiger partial charge in [0.15, 0.2) is 0 Å². The van der Waals surface area contributed by atoms with Crippen LogP contribution >= 0.6 is 0 Å². The zero-order valence-electron chi connectivity index (χ0n) is 10.6. The summed E-state index contributed by atoms with van der Waals surface area (Å²) in [5.74, 6) is 0.557. The lowest BCUT2D eigenvalue weighted by Gasteiger charge is -2.07. The predicted octanol–water partition coefficient (Wildman–Crippen LogP) is 2.98. The van der Waals surface area contributed by atoms with E-state index in [9.17, 15) is 10.1 Å². The van der Waals surface area contributed by atoms with Gasteiger partial charge in [0, 0.05) is 6.07 Å². The molecule has 0 fully saturated rings. The number of benzene rings is 1. The largest absolute Gasteiger partial charge is 0.434 e. The fraction of sp³-hybridized carbons (Fsp3) is 0.154. The minimum absolute atomic E-state index is 0.103. The molecule has 0 atom stereocenters. The zero-order valence-corrected chi connectivity index (χ0v) is 10.6. The first kappa shape index (κ1) is 12.8. The van der Waals surface area contributed by atoms with Crippen LogP contribution in [-0.4, -0.2) is 9.91 Å². The molecule has 0 spiro atoms. The molecule has 0 bridgehead atoms. The molecule has 0 amide bonds. The van der Waals surface area contributed by atoms with Gasteiger partial charge < -0.3 is 10.5 Å². The Hall–Kier alpha value is -2.63. The molecule has 0 saturated heterocycles. The average Bonchev–Trinajstić information content (AvgIpc) is 2.33. The molecule has 1 aromatic heterocycles. The maximum absolute atomic E-state index is 10.9. The minimum atomic E-state index is -0.553. The van der Waals surface area contributed by atoms with E-state index < -0.39 is 4.92 Å². The molecule has 0 radical (unpaired) electrons. The summed E-state index contributed by atoms with van der Waals surface area (Å²) in [5, 5.41) is 10.9. The Morgan fingerprint density at radius 2 is 1.95 bits per heavy atom. The van der Waals surface area contributed by atoms with Gasteiger partial charge in [0.1, 0.15) is 11.6 Å². The van der Waals surface area contributed by atoms with Gasteiger partial charge in [-0.25, -0.2) is 0 Å². The molecule has 0 unspecified atom stereocenters. The quantitative estimate of drug-likeness (QED) is 0.675. The standard InChI is InChI=1S/C13H13N3O3/c1-8-3-4-10(7-9(8)2)19-13-11(16(17)18)5-6-12(14)15-13/h3-7H,1-2H3,(H2,14,15). The number of nitrogens with zero attached hydrogens (tertiary/aromatic N) is 2. The van der Waals surface area contributed by atoms with Crippen molar-refractivity contribution in [3.8, 4) is 11.6 Å². The number of nitrogen functional groups attached to an aromatic ring is 1. The highest BCUT2D eigenvalue weighted by Crippen LogP contribution is 2.30. The van der Waals surface area contributed by atoms with Gasteiger partial charge >= 0.3 is 11.6 Å². The van der Waals surface area contributed by atoms with E-state index in [2.05, 4.69) is 4.98 Å². The summed E-state index contributed by atoms with van der Waals surface area (Å²) in [6.07, 6.45) is 0. The maximum atomic E-state index is 10.9. The third-order valence-electron chi connectivity index (χ3n) is 2.75. The number of nitrogens with two attached hydrogens (primary N) is 1. The third kappa shape index (κ3) is 2.79. The van der Waals surface area contributed by atoms with Crippen molar-refractivity contribution in [3.05, 3.63) is 51.6 Å². The Morgan fingerprint density at radius 1 is 1.21 bits per heavy atom. The van der Waals surface area contributed by atoms with Crippen LogP contribution in [0.4, 0.5) is 11.5 Å². The summed E-state index contributed by atoms with van der Waals surface area (Å²) < 4.78 is 5.45. The Kier molecular flexibility index (Phi) is 3.33. The molecular formula is C13H13N3O3. The zero-order chi connectivity index (χ0) is 14.0. The van der Waals surface area contributed by atoms with Crippen molar-refractivity contribution < 1.29 is 9.66 Å². The molecule has 1 heterocycles. The smallest absolute Gasteiger partial charge is 0.331 e. The fourth-order valence-electron chi connectivity index (χ4n) is 1.55. The average molecular weight is 259 g/mol. The Morgan fingerprint density at radius 3 is 2.58 bits per heavy atom. The molecule has 2 aromatic rings. The first-order chi connectivity index (χ1) is 8.97. The Bertz CT molecular complexity index is 641. The van der Waals surface area contributed by atoms with Gasteiger partial charge in [0.05, 0.1) is 4.92 Å². The molecule has 2 rings (SSSR count).